The van der Waals surface area contributed by atoms with Gasteiger partial charge in [-0.3, -0.25) is 4.98 Å². The predicted octanol–water partition coefficient (Wildman–Crippen LogP) is 5.37. The second kappa shape index (κ2) is 7.53. The summed E-state index contributed by atoms with van der Waals surface area (Å²) in [6, 6.07) is 13.3. The summed E-state index contributed by atoms with van der Waals surface area (Å²) in [5, 5.41) is 4.88. The minimum Gasteiger partial charge on any atom is -0.462 e. The van der Waals surface area contributed by atoms with Gasteiger partial charge in [0, 0.05) is 22.3 Å². The lowest BCUT2D eigenvalue weighted by atomic mass is 10.0. The SMILES string of the molecule is CCOC(=O)c1cnc2c(CC)cccc2c1Nc1ccc(Cl)cc1. The Labute approximate surface area is 151 Å². The fourth-order valence-corrected chi connectivity index (χ4v) is 2.87. The van der Waals surface area contributed by atoms with E-state index in [0.29, 0.717) is 22.9 Å². The summed E-state index contributed by atoms with van der Waals surface area (Å²) in [5.74, 6) is -0.393. The smallest absolute Gasteiger partial charge is 0.341 e. The first kappa shape index (κ1) is 17.2. The van der Waals surface area contributed by atoms with Crippen molar-refractivity contribution in [3.05, 3.63) is 64.8 Å². The Kier molecular flexibility index (Phi) is 5.19. The van der Waals surface area contributed by atoms with E-state index in [1.807, 2.05) is 30.3 Å². The first-order valence-corrected chi connectivity index (χ1v) is 8.62. The summed E-state index contributed by atoms with van der Waals surface area (Å²) in [6.07, 6.45) is 2.45. The Bertz CT molecular complexity index is 907. The van der Waals surface area contributed by atoms with Crippen molar-refractivity contribution in [2.45, 2.75) is 20.3 Å². The highest BCUT2D eigenvalue weighted by Gasteiger charge is 2.18. The van der Waals surface area contributed by atoms with Gasteiger partial charge in [-0.2, -0.15) is 0 Å². The molecule has 0 fully saturated rings. The van der Waals surface area contributed by atoms with Crippen molar-refractivity contribution in [1.82, 2.24) is 4.98 Å². The van der Waals surface area contributed by atoms with Gasteiger partial charge < -0.3 is 10.1 Å². The summed E-state index contributed by atoms with van der Waals surface area (Å²) in [4.78, 5) is 16.9. The number of aromatic nitrogens is 1. The lowest BCUT2D eigenvalue weighted by Crippen LogP contribution is -2.09. The molecule has 1 N–H and O–H groups in total. The highest BCUT2D eigenvalue weighted by molar-refractivity contribution is 6.30. The van der Waals surface area contributed by atoms with Crippen LogP contribution in [0.5, 0.6) is 0 Å². The largest absolute Gasteiger partial charge is 0.462 e. The zero-order chi connectivity index (χ0) is 17.8. The van der Waals surface area contributed by atoms with Crippen LogP contribution in [0.3, 0.4) is 0 Å². The lowest BCUT2D eigenvalue weighted by molar-refractivity contribution is 0.0527. The maximum absolute atomic E-state index is 12.4. The van der Waals surface area contributed by atoms with E-state index in [9.17, 15) is 4.79 Å². The van der Waals surface area contributed by atoms with Crippen LogP contribution in [0.25, 0.3) is 10.9 Å². The Hall–Kier alpha value is -2.59. The third-order valence-electron chi connectivity index (χ3n) is 3.97. The standard InChI is InChI=1S/C20H19ClN2O2/c1-3-13-6-5-7-16-18(13)22-12-17(20(24)25-4-2)19(16)23-15-10-8-14(21)9-11-15/h5-12H,3-4H2,1-2H3,(H,22,23). The molecule has 0 unspecified atom stereocenters. The number of ether oxygens (including phenoxy) is 1. The molecular weight excluding hydrogens is 336 g/mol. The molecule has 0 spiro atoms. The Balaban J connectivity index is 2.17. The Morgan fingerprint density at radius 2 is 1.92 bits per heavy atom. The van der Waals surface area contributed by atoms with Crippen LogP contribution in [-0.2, 0) is 11.2 Å². The number of hydrogen-bond donors (Lipinski definition) is 1. The minimum atomic E-state index is -0.393. The number of rotatable bonds is 5. The number of anilines is 2. The van der Waals surface area contributed by atoms with Gasteiger partial charge in [0.1, 0.15) is 5.56 Å². The van der Waals surface area contributed by atoms with Gasteiger partial charge in [0.25, 0.3) is 0 Å². The lowest BCUT2D eigenvalue weighted by Gasteiger charge is -2.15. The number of halogens is 1. The molecule has 0 aliphatic carbocycles. The van der Waals surface area contributed by atoms with Crippen LogP contribution in [0.4, 0.5) is 11.4 Å². The number of benzene rings is 2. The monoisotopic (exact) mass is 354 g/mol. The molecule has 4 nitrogen and oxygen atoms in total. The third-order valence-corrected chi connectivity index (χ3v) is 4.22. The van der Waals surface area contributed by atoms with Crippen LogP contribution in [0.2, 0.25) is 5.02 Å². The average molecular weight is 355 g/mol. The zero-order valence-corrected chi connectivity index (χ0v) is 14.9. The molecule has 1 aromatic heterocycles. The summed E-state index contributed by atoms with van der Waals surface area (Å²) in [5.41, 5.74) is 3.96. The first-order valence-electron chi connectivity index (χ1n) is 8.24. The number of esters is 1. The summed E-state index contributed by atoms with van der Waals surface area (Å²) >= 11 is 5.96. The van der Waals surface area contributed by atoms with Crippen molar-refractivity contribution in [2.75, 3.05) is 11.9 Å². The zero-order valence-electron chi connectivity index (χ0n) is 14.2. The number of para-hydroxylation sites is 1. The van der Waals surface area contributed by atoms with Crippen molar-refractivity contribution in [3.63, 3.8) is 0 Å². The molecule has 3 aromatic rings. The number of pyridine rings is 1. The Morgan fingerprint density at radius 3 is 2.60 bits per heavy atom. The number of carbonyl (C=O) groups is 1. The third kappa shape index (κ3) is 3.59. The number of fused-ring (bicyclic) bond motifs is 1. The summed E-state index contributed by atoms with van der Waals surface area (Å²) in [6.45, 7) is 4.18. The Morgan fingerprint density at radius 1 is 1.16 bits per heavy atom. The van der Waals surface area contributed by atoms with Crippen LogP contribution in [-0.4, -0.2) is 17.6 Å². The topological polar surface area (TPSA) is 51.2 Å². The van der Waals surface area contributed by atoms with Gasteiger partial charge in [-0.1, -0.05) is 36.7 Å². The van der Waals surface area contributed by atoms with E-state index in [0.717, 1.165) is 28.6 Å². The van der Waals surface area contributed by atoms with Crippen LogP contribution in [0, 0.1) is 0 Å². The molecular formula is C20H19ClN2O2. The molecule has 0 aliphatic rings. The fourth-order valence-electron chi connectivity index (χ4n) is 2.75. The van der Waals surface area contributed by atoms with Gasteiger partial charge in [0.2, 0.25) is 0 Å². The maximum Gasteiger partial charge on any atom is 0.341 e. The number of aryl methyl sites for hydroxylation is 1. The molecule has 3 rings (SSSR count). The van der Waals surface area contributed by atoms with E-state index < -0.39 is 5.97 Å². The number of hydrogen-bond acceptors (Lipinski definition) is 4. The van der Waals surface area contributed by atoms with E-state index in [1.165, 1.54) is 0 Å². The van der Waals surface area contributed by atoms with Gasteiger partial charge in [-0.25, -0.2) is 4.79 Å². The molecule has 5 heteroatoms. The molecule has 0 amide bonds. The second-order valence-electron chi connectivity index (χ2n) is 5.57. The van der Waals surface area contributed by atoms with E-state index in [-0.39, 0.29) is 0 Å². The van der Waals surface area contributed by atoms with E-state index in [1.54, 1.807) is 25.3 Å². The highest BCUT2D eigenvalue weighted by Crippen LogP contribution is 2.31. The molecule has 25 heavy (non-hydrogen) atoms. The van der Waals surface area contributed by atoms with Crippen LogP contribution in [0.1, 0.15) is 29.8 Å². The summed E-state index contributed by atoms with van der Waals surface area (Å²) < 4.78 is 5.19. The van der Waals surface area contributed by atoms with Gasteiger partial charge in [-0.15, -0.1) is 0 Å². The molecule has 0 radical (unpaired) electrons. The minimum absolute atomic E-state index is 0.312. The van der Waals surface area contributed by atoms with Crippen molar-refractivity contribution < 1.29 is 9.53 Å². The molecule has 0 saturated heterocycles. The van der Waals surface area contributed by atoms with Gasteiger partial charge in [-0.05, 0) is 43.2 Å². The van der Waals surface area contributed by atoms with Crippen molar-refractivity contribution in [3.8, 4) is 0 Å². The van der Waals surface area contributed by atoms with Crippen molar-refractivity contribution in [2.24, 2.45) is 0 Å². The van der Waals surface area contributed by atoms with Gasteiger partial charge >= 0.3 is 5.97 Å². The predicted molar refractivity (Wildman–Crippen MR) is 102 cm³/mol. The quantitative estimate of drug-likeness (QED) is 0.626. The number of nitrogens with zero attached hydrogens (tertiary/aromatic N) is 1. The van der Waals surface area contributed by atoms with E-state index in [2.05, 4.69) is 17.2 Å². The van der Waals surface area contributed by atoms with Crippen molar-refractivity contribution >= 4 is 39.8 Å². The molecule has 128 valence electrons. The second-order valence-corrected chi connectivity index (χ2v) is 6.00. The molecule has 0 atom stereocenters. The van der Waals surface area contributed by atoms with E-state index >= 15 is 0 Å². The maximum atomic E-state index is 12.4. The number of carbonyl (C=O) groups excluding carboxylic acids is 1. The van der Waals surface area contributed by atoms with Crippen molar-refractivity contribution in [1.29, 1.82) is 0 Å². The molecule has 0 bridgehead atoms. The van der Waals surface area contributed by atoms with Crippen LogP contribution in [0.15, 0.2) is 48.7 Å². The van der Waals surface area contributed by atoms with Gasteiger partial charge in [0.05, 0.1) is 17.8 Å². The van der Waals surface area contributed by atoms with Crippen LogP contribution < -0.4 is 5.32 Å². The molecule has 0 saturated carbocycles. The fraction of sp³-hybridized carbons (Fsp3) is 0.200. The molecule has 0 aliphatic heterocycles. The average Bonchev–Trinajstić information content (AvgIpc) is 2.63. The van der Waals surface area contributed by atoms with E-state index in [4.69, 9.17) is 16.3 Å². The van der Waals surface area contributed by atoms with Crippen LogP contribution >= 0.6 is 11.6 Å². The highest BCUT2D eigenvalue weighted by atomic mass is 35.5. The molecule has 2 aromatic carbocycles. The summed E-state index contributed by atoms with van der Waals surface area (Å²) in [7, 11) is 0. The number of nitrogens with one attached hydrogen (secondary N) is 1. The van der Waals surface area contributed by atoms with Gasteiger partial charge in [0.15, 0.2) is 0 Å². The normalized spacial score (nSPS) is 10.7. The molecule has 1 heterocycles. The first-order chi connectivity index (χ1) is 12.1.